The van der Waals surface area contributed by atoms with E-state index in [0.29, 0.717) is 10.6 Å². The Kier molecular flexibility index (Phi) is 5.95. The zero-order valence-corrected chi connectivity index (χ0v) is 11.3. The maximum absolute atomic E-state index is 12.3. The maximum atomic E-state index is 12.3. The molecule has 0 radical (unpaired) electrons. The lowest BCUT2D eigenvalue weighted by molar-refractivity contribution is -0.180. The first-order chi connectivity index (χ1) is 10.3. The lowest BCUT2D eigenvalue weighted by Gasteiger charge is -2.27. The quantitative estimate of drug-likeness (QED) is 0.612. The minimum atomic E-state index is -5.14. The molecule has 1 aromatic carbocycles. The SMILES string of the molecule is C#CCN(NC(=O)C(F)(F)F)[C@@H](Cc1ccccc1)C(=O)O. The van der Waals surface area contributed by atoms with Gasteiger partial charge in [-0.2, -0.15) is 18.2 Å². The average molecular weight is 314 g/mol. The number of carboxylic acid groups (broad SMARTS) is 1. The Bertz CT molecular complexity index is 567. The van der Waals surface area contributed by atoms with Gasteiger partial charge in [-0.15, -0.1) is 6.42 Å². The predicted molar refractivity (Wildman–Crippen MR) is 71.3 cm³/mol. The number of hydrogen-bond acceptors (Lipinski definition) is 3. The van der Waals surface area contributed by atoms with Crippen LogP contribution in [0.3, 0.4) is 0 Å². The second kappa shape index (κ2) is 7.47. The van der Waals surface area contributed by atoms with E-state index in [-0.39, 0.29) is 6.42 Å². The third kappa shape index (κ3) is 5.10. The third-order valence-electron chi connectivity index (χ3n) is 2.70. The number of amides is 1. The van der Waals surface area contributed by atoms with Gasteiger partial charge in [0.2, 0.25) is 0 Å². The molecule has 0 bridgehead atoms. The number of aliphatic carboxylic acids is 1. The molecule has 118 valence electrons. The summed E-state index contributed by atoms with van der Waals surface area (Å²) in [5, 5.41) is 9.79. The molecular weight excluding hydrogens is 301 g/mol. The summed E-state index contributed by atoms with van der Waals surface area (Å²) in [4.78, 5) is 22.3. The molecule has 0 aliphatic carbocycles. The van der Waals surface area contributed by atoms with Crippen LogP contribution in [-0.4, -0.2) is 40.8 Å². The van der Waals surface area contributed by atoms with Crippen molar-refractivity contribution in [2.45, 2.75) is 18.6 Å². The minimum Gasteiger partial charge on any atom is -0.480 e. The second-order valence-corrected chi connectivity index (χ2v) is 4.31. The van der Waals surface area contributed by atoms with Gasteiger partial charge in [-0.1, -0.05) is 36.3 Å². The maximum Gasteiger partial charge on any atom is 0.472 e. The molecule has 1 amide bonds. The van der Waals surface area contributed by atoms with Gasteiger partial charge in [0.05, 0.1) is 6.54 Å². The Morgan fingerprint density at radius 3 is 2.36 bits per heavy atom. The molecule has 0 unspecified atom stereocenters. The Morgan fingerprint density at radius 2 is 1.91 bits per heavy atom. The molecule has 1 aromatic rings. The summed E-state index contributed by atoms with van der Waals surface area (Å²) in [6.45, 7) is -0.481. The van der Waals surface area contributed by atoms with Gasteiger partial charge in [-0.05, 0) is 5.56 Å². The summed E-state index contributed by atoms with van der Waals surface area (Å²) in [5.41, 5.74) is 2.09. The number of alkyl halides is 3. The van der Waals surface area contributed by atoms with Crippen LogP contribution in [0.15, 0.2) is 30.3 Å². The number of rotatable bonds is 6. The monoisotopic (exact) mass is 314 g/mol. The van der Waals surface area contributed by atoms with Gasteiger partial charge >= 0.3 is 18.1 Å². The number of carbonyl (C=O) groups excluding carboxylic acids is 1. The Labute approximate surface area is 124 Å². The molecule has 0 fully saturated rings. The molecule has 1 rings (SSSR count). The van der Waals surface area contributed by atoms with E-state index in [1.165, 1.54) is 5.43 Å². The van der Waals surface area contributed by atoms with Crippen molar-refractivity contribution in [2.24, 2.45) is 0 Å². The van der Waals surface area contributed by atoms with Crippen molar-refractivity contribution in [1.82, 2.24) is 10.4 Å². The largest absolute Gasteiger partial charge is 0.480 e. The zero-order chi connectivity index (χ0) is 16.8. The highest BCUT2D eigenvalue weighted by molar-refractivity contribution is 5.82. The van der Waals surface area contributed by atoms with E-state index in [0.717, 1.165) is 0 Å². The normalized spacial score (nSPS) is 12.5. The van der Waals surface area contributed by atoms with Gasteiger partial charge in [0.25, 0.3) is 0 Å². The molecule has 8 heteroatoms. The topological polar surface area (TPSA) is 69.6 Å². The molecule has 0 heterocycles. The van der Waals surface area contributed by atoms with Crippen LogP contribution < -0.4 is 5.43 Å². The van der Waals surface area contributed by atoms with Crippen LogP contribution in [0, 0.1) is 12.3 Å². The Hall–Kier alpha value is -2.53. The summed E-state index contributed by atoms with van der Waals surface area (Å²) >= 11 is 0. The third-order valence-corrected chi connectivity index (χ3v) is 2.70. The van der Waals surface area contributed by atoms with Gasteiger partial charge in [0.15, 0.2) is 0 Å². The molecule has 0 aliphatic rings. The molecule has 0 aromatic heterocycles. The van der Waals surface area contributed by atoms with Gasteiger partial charge in [-0.25, -0.2) is 0 Å². The number of hydrazine groups is 1. The van der Waals surface area contributed by atoms with Crippen LogP contribution in [0.1, 0.15) is 5.56 Å². The first kappa shape index (κ1) is 17.5. The standard InChI is InChI=1S/C14H13F3N2O3/c1-2-8-19(18-13(22)14(15,16)17)11(12(20)21)9-10-6-4-3-5-7-10/h1,3-7,11H,8-9H2,(H,18,22)(H,20,21)/t11-/m0/s1. The molecule has 0 saturated carbocycles. The Balaban J connectivity index is 2.95. The van der Waals surface area contributed by atoms with Gasteiger partial charge in [0, 0.05) is 6.42 Å². The van der Waals surface area contributed by atoms with Crippen molar-refractivity contribution in [3.63, 3.8) is 0 Å². The molecule has 0 aliphatic heterocycles. The van der Waals surface area contributed by atoms with E-state index in [1.807, 2.05) is 5.92 Å². The van der Waals surface area contributed by atoms with Crippen molar-refractivity contribution in [3.05, 3.63) is 35.9 Å². The summed E-state index contributed by atoms with van der Waals surface area (Å²) in [7, 11) is 0. The van der Waals surface area contributed by atoms with E-state index in [9.17, 15) is 27.9 Å². The molecule has 0 spiro atoms. The number of halogens is 3. The number of terminal acetylenes is 1. The second-order valence-electron chi connectivity index (χ2n) is 4.31. The summed E-state index contributed by atoms with van der Waals surface area (Å²) < 4.78 is 36.9. The lowest BCUT2D eigenvalue weighted by Crippen LogP contribution is -2.55. The van der Waals surface area contributed by atoms with Crippen molar-refractivity contribution < 1.29 is 27.9 Å². The molecule has 0 saturated heterocycles. The van der Waals surface area contributed by atoms with Crippen LogP contribution in [0.25, 0.3) is 0 Å². The highest BCUT2D eigenvalue weighted by Crippen LogP contribution is 2.15. The summed E-state index contributed by atoms with van der Waals surface area (Å²) in [6.07, 6.45) is -0.223. The fraction of sp³-hybridized carbons (Fsp3) is 0.286. The fourth-order valence-electron chi connectivity index (χ4n) is 1.69. The van der Waals surface area contributed by atoms with E-state index in [4.69, 9.17) is 6.42 Å². The van der Waals surface area contributed by atoms with Crippen LogP contribution in [0.4, 0.5) is 13.2 Å². The number of benzene rings is 1. The lowest BCUT2D eigenvalue weighted by atomic mass is 10.1. The van der Waals surface area contributed by atoms with Crippen LogP contribution in [-0.2, 0) is 16.0 Å². The van der Waals surface area contributed by atoms with Crippen molar-refractivity contribution in [1.29, 1.82) is 0 Å². The summed E-state index contributed by atoms with van der Waals surface area (Å²) in [5.74, 6) is -1.65. The zero-order valence-electron chi connectivity index (χ0n) is 11.3. The van der Waals surface area contributed by atoms with Gasteiger partial charge < -0.3 is 5.11 Å². The van der Waals surface area contributed by atoms with Crippen molar-refractivity contribution >= 4 is 11.9 Å². The van der Waals surface area contributed by atoms with Crippen LogP contribution in [0.2, 0.25) is 0 Å². The van der Waals surface area contributed by atoms with Crippen LogP contribution in [0.5, 0.6) is 0 Å². The number of carbonyl (C=O) groups is 2. The van der Waals surface area contributed by atoms with Crippen LogP contribution >= 0.6 is 0 Å². The number of carboxylic acids is 1. The van der Waals surface area contributed by atoms with E-state index < -0.39 is 30.6 Å². The molecule has 1 atom stereocenters. The molecule has 5 nitrogen and oxygen atoms in total. The van der Waals surface area contributed by atoms with E-state index in [1.54, 1.807) is 30.3 Å². The molecule has 2 N–H and O–H groups in total. The fourth-order valence-corrected chi connectivity index (χ4v) is 1.69. The van der Waals surface area contributed by atoms with E-state index in [2.05, 4.69) is 0 Å². The first-order valence-electron chi connectivity index (χ1n) is 6.10. The van der Waals surface area contributed by atoms with Crippen molar-refractivity contribution in [3.8, 4) is 12.3 Å². The molecule has 22 heavy (non-hydrogen) atoms. The van der Waals surface area contributed by atoms with E-state index >= 15 is 0 Å². The van der Waals surface area contributed by atoms with Gasteiger partial charge in [-0.3, -0.25) is 15.0 Å². The van der Waals surface area contributed by atoms with Gasteiger partial charge in [0.1, 0.15) is 6.04 Å². The highest BCUT2D eigenvalue weighted by atomic mass is 19.4. The number of nitrogens with one attached hydrogen (secondary N) is 1. The highest BCUT2D eigenvalue weighted by Gasteiger charge is 2.41. The number of hydrogen-bond donors (Lipinski definition) is 2. The Morgan fingerprint density at radius 1 is 1.32 bits per heavy atom. The summed E-state index contributed by atoms with van der Waals surface area (Å²) in [6, 6.07) is 6.85. The predicted octanol–water partition coefficient (Wildman–Crippen LogP) is 1.21. The average Bonchev–Trinajstić information content (AvgIpc) is 2.44. The smallest absolute Gasteiger partial charge is 0.472 e. The number of nitrogens with zero attached hydrogens (tertiary/aromatic N) is 1. The first-order valence-corrected chi connectivity index (χ1v) is 6.10. The minimum absolute atomic E-state index is 0.115. The van der Waals surface area contributed by atoms with Crippen molar-refractivity contribution in [2.75, 3.05) is 6.54 Å². The molecular formula is C14H13F3N2O3.